The second-order valence-corrected chi connectivity index (χ2v) is 9.38. The number of thioether (sulfide) groups is 1. The van der Waals surface area contributed by atoms with Crippen LogP contribution in [0.3, 0.4) is 0 Å². The van der Waals surface area contributed by atoms with Crippen LogP contribution >= 0.6 is 46.0 Å². The van der Waals surface area contributed by atoms with E-state index in [0.717, 1.165) is 20.4 Å². The van der Waals surface area contributed by atoms with Crippen molar-refractivity contribution in [1.29, 1.82) is 0 Å². The molecule has 4 nitrogen and oxygen atoms in total. The first-order valence-electron chi connectivity index (χ1n) is 9.30. The lowest BCUT2D eigenvalue weighted by Gasteiger charge is -2.25. The third-order valence-corrected chi connectivity index (χ3v) is 7.00. The Kier molecular flexibility index (Phi) is 6.75. The maximum atomic E-state index is 12.6. The van der Waals surface area contributed by atoms with E-state index in [1.54, 1.807) is 31.0 Å². The molecule has 0 saturated carbocycles. The SMILES string of the molecule is COc1cc([C@H]2SCC(=O)N2c2ccc(Cl)cc2)cc(I)c1OCc1ccccc1. The molecule has 1 aliphatic rings. The number of halogens is 2. The van der Waals surface area contributed by atoms with Gasteiger partial charge in [0.15, 0.2) is 11.5 Å². The fraction of sp³-hybridized carbons (Fsp3) is 0.174. The first-order chi connectivity index (χ1) is 14.6. The van der Waals surface area contributed by atoms with Gasteiger partial charge in [0.05, 0.1) is 16.4 Å². The molecule has 0 radical (unpaired) electrons. The highest BCUT2D eigenvalue weighted by molar-refractivity contribution is 14.1. The minimum absolute atomic E-state index is 0.0747. The molecule has 7 heteroatoms. The summed E-state index contributed by atoms with van der Waals surface area (Å²) in [4.78, 5) is 14.4. The Hall–Kier alpha value is -1.90. The molecule has 1 amide bonds. The zero-order valence-corrected chi connectivity index (χ0v) is 19.9. The van der Waals surface area contributed by atoms with Gasteiger partial charge in [-0.15, -0.1) is 11.8 Å². The van der Waals surface area contributed by atoms with E-state index in [2.05, 4.69) is 28.7 Å². The van der Waals surface area contributed by atoms with Crippen molar-refractivity contribution in [3.63, 3.8) is 0 Å². The zero-order valence-electron chi connectivity index (χ0n) is 16.2. The van der Waals surface area contributed by atoms with E-state index in [4.69, 9.17) is 21.1 Å². The Morgan fingerprint density at radius 2 is 1.87 bits per heavy atom. The van der Waals surface area contributed by atoms with Gasteiger partial charge in [-0.3, -0.25) is 9.69 Å². The third kappa shape index (κ3) is 4.55. The summed E-state index contributed by atoms with van der Waals surface area (Å²) in [6.07, 6.45) is 0. The molecule has 1 saturated heterocycles. The summed E-state index contributed by atoms with van der Waals surface area (Å²) in [7, 11) is 1.63. The molecule has 4 rings (SSSR count). The molecule has 1 fully saturated rings. The van der Waals surface area contributed by atoms with Gasteiger partial charge in [-0.1, -0.05) is 41.9 Å². The maximum absolute atomic E-state index is 12.6. The average molecular weight is 552 g/mol. The molecule has 1 aliphatic heterocycles. The van der Waals surface area contributed by atoms with Gasteiger partial charge in [-0.2, -0.15) is 0 Å². The monoisotopic (exact) mass is 551 g/mol. The Morgan fingerprint density at radius 3 is 2.57 bits per heavy atom. The number of methoxy groups -OCH3 is 1. The molecule has 3 aromatic rings. The predicted molar refractivity (Wildman–Crippen MR) is 131 cm³/mol. The van der Waals surface area contributed by atoms with Crippen molar-refractivity contribution in [2.24, 2.45) is 0 Å². The van der Waals surface area contributed by atoms with Crippen LogP contribution in [-0.4, -0.2) is 18.8 Å². The van der Waals surface area contributed by atoms with Gasteiger partial charge in [-0.05, 0) is 70.1 Å². The van der Waals surface area contributed by atoms with Crippen LogP contribution in [0.2, 0.25) is 5.02 Å². The second-order valence-electron chi connectivity index (χ2n) is 6.71. The molecule has 0 aliphatic carbocycles. The Balaban J connectivity index is 1.63. The van der Waals surface area contributed by atoms with Gasteiger partial charge in [0.2, 0.25) is 5.91 Å². The smallest absolute Gasteiger partial charge is 0.238 e. The molecule has 0 spiro atoms. The number of amides is 1. The molecule has 0 aromatic heterocycles. The fourth-order valence-electron chi connectivity index (χ4n) is 3.30. The summed E-state index contributed by atoms with van der Waals surface area (Å²) in [6.45, 7) is 0.458. The van der Waals surface area contributed by atoms with Crippen molar-refractivity contribution < 1.29 is 14.3 Å². The first kappa shape index (κ1) is 21.3. The lowest BCUT2D eigenvalue weighted by Crippen LogP contribution is -2.27. The van der Waals surface area contributed by atoms with Crippen molar-refractivity contribution in [2.75, 3.05) is 17.8 Å². The van der Waals surface area contributed by atoms with Crippen LogP contribution in [0.25, 0.3) is 0 Å². The number of rotatable bonds is 6. The van der Waals surface area contributed by atoms with Gasteiger partial charge >= 0.3 is 0 Å². The number of hydrogen-bond donors (Lipinski definition) is 0. The molecule has 1 heterocycles. The van der Waals surface area contributed by atoms with Crippen molar-refractivity contribution >= 4 is 57.5 Å². The largest absolute Gasteiger partial charge is 0.493 e. The number of carbonyl (C=O) groups is 1. The highest BCUT2D eigenvalue weighted by atomic mass is 127. The summed E-state index contributed by atoms with van der Waals surface area (Å²) >= 11 is 9.88. The van der Waals surface area contributed by atoms with E-state index in [-0.39, 0.29) is 11.3 Å². The topological polar surface area (TPSA) is 38.8 Å². The summed E-state index contributed by atoms with van der Waals surface area (Å²) < 4.78 is 12.7. The predicted octanol–water partition coefficient (Wildman–Crippen LogP) is 6.31. The van der Waals surface area contributed by atoms with Crippen molar-refractivity contribution in [1.82, 2.24) is 0 Å². The number of anilines is 1. The Labute approximate surface area is 198 Å². The van der Waals surface area contributed by atoms with Crippen LogP contribution in [0.15, 0.2) is 66.7 Å². The summed E-state index contributed by atoms with van der Waals surface area (Å²) in [5.74, 6) is 1.87. The molecule has 0 bridgehead atoms. The molecule has 3 aromatic carbocycles. The number of carbonyl (C=O) groups excluding carboxylic acids is 1. The molecule has 1 atom stereocenters. The van der Waals surface area contributed by atoms with Crippen molar-refractivity contribution in [3.8, 4) is 11.5 Å². The van der Waals surface area contributed by atoms with E-state index in [0.29, 0.717) is 28.9 Å². The molecule has 154 valence electrons. The van der Waals surface area contributed by atoms with E-state index < -0.39 is 0 Å². The lowest BCUT2D eigenvalue weighted by atomic mass is 10.1. The Morgan fingerprint density at radius 1 is 1.13 bits per heavy atom. The normalized spacial score (nSPS) is 16.0. The zero-order chi connectivity index (χ0) is 21.1. The van der Waals surface area contributed by atoms with Crippen molar-refractivity contribution in [2.45, 2.75) is 12.0 Å². The van der Waals surface area contributed by atoms with Gasteiger partial charge in [0.1, 0.15) is 12.0 Å². The van der Waals surface area contributed by atoms with Gasteiger partial charge in [0, 0.05) is 10.7 Å². The molecule has 0 N–H and O–H groups in total. The second kappa shape index (κ2) is 9.49. The summed E-state index contributed by atoms with van der Waals surface area (Å²) in [6, 6.07) is 21.4. The number of hydrogen-bond acceptors (Lipinski definition) is 4. The Bertz CT molecular complexity index is 1050. The van der Waals surface area contributed by atoms with E-state index in [1.165, 1.54) is 0 Å². The van der Waals surface area contributed by atoms with E-state index in [1.807, 2.05) is 53.4 Å². The number of benzene rings is 3. The fourth-order valence-corrected chi connectivity index (χ4v) is 5.37. The third-order valence-electron chi connectivity index (χ3n) is 4.74. The van der Waals surface area contributed by atoms with Crippen LogP contribution < -0.4 is 14.4 Å². The minimum Gasteiger partial charge on any atom is -0.493 e. The van der Waals surface area contributed by atoms with Crippen LogP contribution in [0.1, 0.15) is 16.5 Å². The van der Waals surface area contributed by atoms with Gasteiger partial charge in [0.25, 0.3) is 0 Å². The van der Waals surface area contributed by atoms with Crippen LogP contribution in [0.5, 0.6) is 11.5 Å². The minimum atomic E-state index is -0.135. The summed E-state index contributed by atoms with van der Waals surface area (Å²) in [5, 5.41) is 0.509. The quantitative estimate of drug-likeness (QED) is 0.337. The lowest BCUT2D eigenvalue weighted by molar-refractivity contribution is -0.115. The van der Waals surface area contributed by atoms with Crippen molar-refractivity contribution in [3.05, 3.63) is 86.4 Å². The van der Waals surface area contributed by atoms with E-state index in [9.17, 15) is 4.79 Å². The van der Waals surface area contributed by atoms with Crippen LogP contribution in [0.4, 0.5) is 5.69 Å². The first-order valence-corrected chi connectivity index (χ1v) is 11.8. The molecule has 0 unspecified atom stereocenters. The molecular formula is C23H19ClINO3S. The van der Waals surface area contributed by atoms with E-state index >= 15 is 0 Å². The summed E-state index contributed by atoms with van der Waals surface area (Å²) in [5.41, 5.74) is 2.91. The standard InChI is InChI=1S/C23H19ClINO3S/c1-28-20-12-16(11-19(25)22(20)29-13-15-5-3-2-4-6-15)23-26(21(27)14-30-23)18-9-7-17(24)8-10-18/h2-12,23H,13-14H2,1H3/t23-/m1/s1. The number of ether oxygens (including phenoxy) is 2. The highest BCUT2D eigenvalue weighted by Gasteiger charge is 2.35. The van der Waals surface area contributed by atoms with Gasteiger partial charge < -0.3 is 9.47 Å². The van der Waals surface area contributed by atoms with Gasteiger partial charge in [-0.25, -0.2) is 0 Å². The number of nitrogens with zero attached hydrogens (tertiary/aromatic N) is 1. The molecular weight excluding hydrogens is 533 g/mol. The van der Waals surface area contributed by atoms with Crippen LogP contribution in [-0.2, 0) is 11.4 Å². The molecule has 30 heavy (non-hydrogen) atoms. The van der Waals surface area contributed by atoms with Crippen LogP contribution in [0, 0.1) is 3.57 Å². The average Bonchev–Trinajstić information content (AvgIpc) is 3.15. The maximum Gasteiger partial charge on any atom is 0.238 e. The highest BCUT2D eigenvalue weighted by Crippen LogP contribution is 2.45.